The molecule has 26 heavy (non-hydrogen) atoms. The smallest absolute Gasteiger partial charge is 0.243 e. The van der Waals surface area contributed by atoms with E-state index in [4.69, 9.17) is 0 Å². The van der Waals surface area contributed by atoms with Gasteiger partial charge in [0.25, 0.3) is 0 Å². The van der Waals surface area contributed by atoms with Crippen molar-refractivity contribution in [2.24, 2.45) is 0 Å². The van der Waals surface area contributed by atoms with Gasteiger partial charge in [-0.25, -0.2) is 12.8 Å². The summed E-state index contributed by atoms with van der Waals surface area (Å²) in [7, 11) is -3.82. The Morgan fingerprint density at radius 2 is 1.62 bits per heavy atom. The van der Waals surface area contributed by atoms with E-state index in [0.717, 1.165) is 17.2 Å². The first-order valence-corrected chi connectivity index (χ1v) is 9.68. The first kappa shape index (κ1) is 18.2. The van der Waals surface area contributed by atoms with Crippen LogP contribution in [0.15, 0.2) is 84.0 Å². The number of rotatable bonds is 7. The summed E-state index contributed by atoms with van der Waals surface area (Å²) in [6.45, 7) is 0.499. The maximum atomic E-state index is 13.5. The highest BCUT2D eigenvalue weighted by molar-refractivity contribution is 7.89. The van der Waals surface area contributed by atoms with E-state index in [1.807, 2.05) is 30.3 Å². The third kappa shape index (κ3) is 4.53. The normalized spacial score (nSPS) is 11.6. The molecule has 3 rings (SSSR count). The zero-order valence-corrected chi connectivity index (χ0v) is 14.9. The molecule has 0 N–H and O–H groups in total. The number of pyridine rings is 1. The van der Waals surface area contributed by atoms with Gasteiger partial charge in [0, 0.05) is 25.5 Å². The van der Waals surface area contributed by atoms with Gasteiger partial charge < -0.3 is 0 Å². The summed E-state index contributed by atoms with van der Waals surface area (Å²) < 4.78 is 41.0. The van der Waals surface area contributed by atoms with Crippen molar-refractivity contribution in [2.45, 2.75) is 17.9 Å². The van der Waals surface area contributed by atoms with Gasteiger partial charge in [0.2, 0.25) is 10.0 Å². The van der Waals surface area contributed by atoms with Gasteiger partial charge in [0.05, 0.1) is 4.90 Å². The SMILES string of the molecule is O=S(=O)(c1cccc(F)c1)N(CCc1ccccc1)Cc1ccncc1. The lowest BCUT2D eigenvalue weighted by atomic mass is 10.1. The highest BCUT2D eigenvalue weighted by Gasteiger charge is 2.25. The van der Waals surface area contributed by atoms with E-state index in [1.165, 1.54) is 22.5 Å². The van der Waals surface area contributed by atoms with Crippen LogP contribution in [0, 0.1) is 5.82 Å². The van der Waals surface area contributed by atoms with Crippen LogP contribution in [0.2, 0.25) is 0 Å². The van der Waals surface area contributed by atoms with Crippen LogP contribution in [-0.2, 0) is 23.0 Å². The minimum atomic E-state index is -3.82. The molecule has 134 valence electrons. The number of halogens is 1. The van der Waals surface area contributed by atoms with Gasteiger partial charge in [-0.15, -0.1) is 0 Å². The van der Waals surface area contributed by atoms with Crippen LogP contribution >= 0.6 is 0 Å². The summed E-state index contributed by atoms with van der Waals surface area (Å²) in [6.07, 6.45) is 3.82. The van der Waals surface area contributed by atoms with Crippen molar-refractivity contribution in [1.29, 1.82) is 0 Å². The maximum Gasteiger partial charge on any atom is 0.243 e. The highest BCUT2D eigenvalue weighted by Crippen LogP contribution is 2.20. The molecule has 0 unspecified atom stereocenters. The zero-order valence-electron chi connectivity index (χ0n) is 14.1. The molecule has 0 radical (unpaired) electrons. The first-order valence-electron chi connectivity index (χ1n) is 8.24. The standard InChI is InChI=1S/C20H19FN2O2S/c21-19-7-4-8-20(15-19)26(24,25)23(16-18-9-12-22-13-10-18)14-11-17-5-2-1-3-6-17/h1-10,12-13,15H,11,14,16H2. The maximum absolute atomic E-state index is 13.5. The van der Waals surface area contributed by atoms with Crippen molar-refractivity contribution in [1.82, 2.24) is 9.29 Å². The lowest BCUT2D eigenvalue weighted by molar-refractivity contribution is 0.409. The van der Waals surface area contributed by atoms with Gasteiger partial charge in [-0.2, -0.15) is 4.31 Å². The molecule has 0 spiro atoms. The predicted molar refractivity (Wildman–Crippen MR) is 98.4 cm³/mol. The topological polar surface area (TPSA) is 50.3 Å². The lowest BCUT2D eigenvalue weighted by Crippen LogP contribution is -2.32. The molecule has 2 aromatic carbocycles. The fourth-order valence-electron chi connectivity index (χ4n) is 2.65. The van der Waals surface area contributed by atoms with Crippen molar-refractivity contribution in [2.75, 3.05) is 6.54 Å². The lowest BCUT2D eigenvalue weighted by Gasteiger charge is -2.22. The Kier molecular flexibility index (Phi) is 5.75. The predicted octanol–water partition coefficient (Wildman–Crippen LogP) is 3.65. The van der Waals surface area contributed by atoms with Crippen LogP contribution in [0.25, 0.3) is 0 Å². The minimum absolute atomic E-state index is 0.0420. The van der Waals surface area contributed by atoms with Crippen molar-refractivity contribution < 1.29 is 12.8 Å². The summed E-state index contributed by atoms with van der Waals surface area (Å²) in [4.78, 5) is 3.92. The van der Waals surface area contributed by atoms with Crippen LogP contribution < -0.4 is 0 Å². The van der Waals surface area contributed by atoms with Crippen LogP contribution in [-0.4, -0.2) is 24.3 Å². The summed E-state index contributed by atoms with van der Waals surface area (Å²) in [5.74, 6) is -0.571. The quantitative estimate of drug-likeness (QED) is 0.638. The summed E-state index contributed by atoms with van der Waals surface area (Å²) >= 11 is 0. The zero-order chi connectivity index (χ0) is 18.4. The Hall–Kier alpha value is -2.57. The second kappa shape index (κ2) is 8.21. The number of aromatic nitrogens is 1. The van der Waals surface area contributed by atoms with Gasteiger partial charge >= 0.3 is 0 Å². The number of benzene rings is 2. The third-order valence-corrected chi connectivity index (χ3v) is 5.88. The van der Waals surface area contributed by atoms with Gasteiger partial charge in [-0.1, -0.05) is 36.4 Å². The molecule has 0 aliphatic heterocycles. The van der Waals surface area contributed by atoms with Crippen molar-refractivity contribution >= 4 is 10.0 Å². The van der Waals surface area contributed by atoms with Crippen LogP contribution in [0.4, 0.5) is 4.39 Å². The minimum Gasteiger partial charge on any atom is -0.265 e. The van der Waals surface area contributed by atoms with Crippen molar-refractivity contribution in [3.63, 3.8) is 0 Å². The Bertz CT molecular complexity index is 948. The molecule has 0 amide bonds. The van der Waals surface area contributed by atoms with Crippen molar-refractivity contribution in [3.8, 4) is 0 Å². The average Bonchev–Trinajstić information content (AvgIpc) is 2.66. The Labute approximate surface area is 153 Å². The number of hydrogen-bond acceptors (Lipinski definition) is 3. The third-order valence-electron chi connectivity index (χ3n) is 4.03. The van der Waals surface area contributed by atoms with Crippen LogP contribution in [0.1, 0.15) is 11.1 Å². The first-order chi connectivity index (χ1) is 12.6. The number of nitrogens with zero attached hydrogens (tertiary/aromatic N) is 2. The second-order valence-corrected chi connectivity index (χ2v) is 7.82. The van der Waals surface area contributed by atoms with Gasteiger partial charge in [0.15, 0.2) is 0 Å². The van der Waals surface area contributed by atoms with E-state index in [-0.39, 0.29) is 11.4 Å². The monoisotopic (exact) mass is 370 g/mol. The molecule has 4 nitrogen and oxygen atoms in total. The second-order valence-electron chi connectivity index (χ2n) is 5.89. The number of sulfonamides is 1. The highest BCUT2D eigenvalue weighted by atomic mass is 32.2. The Balaban J connectivity index is 1.88. The van der Waals surface area contributed by atoms with Crippen molar-refractivity contribution in [3.05, 3.63) is 96.1 Å². The van der Waals surface area contributed by atoms with E-state index >= 15 is 0 Å². The molecule has 0 fully saturated rings. The molecular weight excluding hydrogens is 351 g/mol. The molecule has 0 saturated carbocycles. The van der Waals surface area contributed by atoms with Crippen LogP contribution in [0.5, 0.6) is 0 Å². The van der Waals surface area contributed by atoms with E-state index in [2.05, 4.69) is 4.98 Å². The van der Waals surface area contributed by atoms with E-state index in [0.29, 0.717) is 13.0 Å². The largest absolute Gasteiger partial charge is 0.265 e. The molecule has 0 aliphatic carbocycles. The summed E-state index contributed by atoms with van der Waals surface area (Å²) in [5.41, 5.74) is 1.87. The van der Waals surface area contributed by atoms with Gasteiger partial charge in [0.1, 0.15) is 5.82 Å². The molecule has 1 aromatic heterocycles. The fourth-order valence-corrected chi connectivity index (χ4v) is 4.11. The molecule has 0 bridgehead atoms. The van der Waals surface area contributed by atoms with E-state index < -0.39 is 15.8 Å². The molecule has 0 aliphatic rings. The molecular formula is C20H19FN2O2S. The summed E-state index contributed by atoms with van der Waals surface area (Å²) in [6, 6.07) is 18.3. The van der Waals surface area contributed by atoms with E-state index in [9.17, 15) is 12.8 Å². The molecule has 0 atom stereocenters. The average molecular weight is 370 g/mol. The fraction of sp³-hybridized carbons (Fsp3) is 0.150. The molecule has 0 saturated heterocycles. The Morgan fingerprint density at radius 3 is 2.31 bits per heavy atom. The van der Waals surface area contributed by atoms with E-state index in [1.54, 1.807) is 24.5 Å². The molecule has 3 aromatic rings. The molecule has 1 heterocycles. The van der Waals surface area contributed by atoms with Gasteiger partial charge in [-0.05, 0) is 47.9 Å². The molecule has 6 heteroatoms. The van der Waals surface area contributed by atoms with Gasteiger partial charge in [-0.3, -0.25) is 4.98 Å². The Morgan fingerprint density at radius 1 is 0.885 bits per heavy atom. The number of hydrogen-bond donors (Lipinski definition) is 0. The van der Waals surface area contributed by atoms with Crippen LogP contribution in [0.3, 0.4) is 0 Å². The summed E-state index contributed by atoms with van der Waals surface area (Å²) in [5, 5.41) is 0.